The van der Waals surface area contributed by atoms with Crippen LogP contribution in [0.1, 0.15) is 37.2 Å². The molecule has 2 aliphatic rings. The molecule has 0 saturated carbocycles. The third kappa shape index (κ3) is 4.31. The summed E-state index contributed by atoms with van der Waals surface area (Å²) in [5.41, 5.74) is 0. The van der Waals surface area contributed by atoms with E-state index in [1.165, 1.54) is 20.0 Å². The predicted molar refractivity (Wildman–Crippen MR) is 88.0 cm³/mol. The monoisotopic (exact) mass is 369 g/mol. The topological polar surface area (TPSA) is 133 Å². The number of hydrogen-bond donors (Lipinski definition) is 2. The molecule has 3 rings (SSSR count). The zero-order valence-electron chi connectivity index (χ0n) is 14.9. The Balaban J connectivity index is 0.000000352. The molecule has 2 saturated heterocycles. The Kier molecular flexibility index (Phi) is 6.19. The van der Waals surface area contributed by atoms with Gasteiger partial charge in [-0.3, -0.25) is 9.69 Å². The Morgan fingerprint density at radius 1 is 1.19 bits per heavy atom. The van der Waals surface area contributed by atoms with E-state index in [0.717, 1.165) is 13.1 Å². The van der Waals surface area contributed by atoms with E-state index in [-0.39, 0.29) is 11.7 Å². The fourth-order valence-corrected chi connectivity index (χ4v) is 3.56. The zero-order valence-corrected chi connectivity index (χ0v) is 14.9. The molecule has 10 heteroatoms. The molecule has 2 N–H and O–H groups in total. The lowest BCUT2D eigenvalue weighted by atomic mass is 10.1. The number of carboxylic acid groups (broad SMARTS) is 2. The van der Waals surface area contributed by atoms with Gasteiger partial charge in [-0.25, -0.2) is 9.59 Å². The summed E-state index contributed by atoms with van der Waals surface area (Å²) in [6.45, 7) is 6.00. The van der Waals surface area contributed by atoms with Crippen LogP contribution in [0.2, 0.25) is 0 Å². The molecular weight excluding hydrogens is 346 g/mol. The molecule has 0 aromatic carbocycles. The Morgan fingerprint density at radius 3 is 2.12 bits per heavy atom. The van der Waals surface area contributed by atoms with Crippen LogP contribution in [-0.2, 0) is 9.59 Å². The molecule has 2 unspecified atom stereocenters. The normalized spacial score (nSPS) is 21.9. The van der Waals surface area contributed by atoms with E-state index < -0.39 is 11.9 Å². The number of amides is 1. The second-order valence-electron chi connectivity index (χ2n) is 6.48. The molecule has 0 spiro atoms. The van der Waals surface area contributed by atoms with Gasteiger partial charge in [0, 0.05) is 31.2 Å². The van der Waals surface area contributed by atoms with E-state index in [2.05, 4.69) is 23.9 Å². The van der Waals surface area contributed by atoms with Crippen molar-refractivity contribution < 1.29 is 33.9 Å². The van der Waals surface area contributed by atoms with E-state index in [1.807, 2.05) is 4.90 Å². The maximum Gasteiger partial charge on any atom is 0.414 e. The number of rotatable bonds is 3. The number of likely N-dealkylation sites (tertiary alicyclic amines) is 1. The van der Waals surface area contributed by atoms with Crippen molar-refractivity contribution in [3.05, 3.63) is 11.8 Å². The van der Waals surface area contributed by atoms with Gasteiger partial charge in [-0.1, -0.05) is 0 Å². The fourth-order valence-electron chi connectivity index (χ4n) is 3.56. The Bertz CT molecular complexity index is 647. The highest BCUT2D eigenvalue weighted by atomic mass is 16.5. The second kappa shape index (κ2) is 8.17. The highest BCUT2D eigenvalue weighted by Crippen LogP contribution is 2.32. The van der Waals surface area contributed by atoms with Crippen molar-refractivity contribution in [3.63, 3.8) is 0 Å². The summed E-state index contributed by atoms with van der Waals surface area (Å²) >= 11 is 0. The minimum Gasteiger partial charge on any atom is -0.479 e. The van der Waals surface area contributed by atoms with Crippen molar-refractivity contribution in [2.45, 2.75) is 44.8 Å². The number of carbonyl (C=O) groups excluding carboxylic acids is 1. The zero-order chi connectivity index (χ0) is 19.4. The molecule has 2 aliphatic heterocycles. The fraction of sp³-hybridized carbons (Fsp3) is 0.625. The smallest absolute Gasteiger partial charge is 0.414 e. The highest BCUT2D eigenvalue weighted by molar-refractivity contribution is 6.27. The van der Waals surface area contributed by atoms with Crippen molar-refractivity contribution in [2.24, 2.45) is 0 Å². The number of hydrogen-bond acceptors (Lipinski definition) is 7. The van der Waals surface area contributed by atoms with Crippen molar-refractivity contribution >= 4 is 17.8 Å². The van der Waals surface area contributed by atoms with E-state index in [0.29, 0.717) is 24.0 Å². The molecule has 1 aromatic rings. The van der Waals surface area contributed by atoms with Gasteiger partial charge in [0.1, 0.15) is 0 Å². The maximum absolute atomic E-state index is 12.4. The SMILES string of the molecule is COc1cc(C(=O)N2CC3CCC(C2)N3C(C)C)on1.O=C(O)C(=O)O. The molecule has 0 radical (unpaired) electrons. The van der Waals surface area contributed by atoms with Crippen LogP contribution in [0.4, 0.5) is 0 Å². The molecule has 2 atom stereocenters. The molecule has 0 aliphatic carbocycles. The van der Waals surface area contributed by atoms with Crippen LogP contribution in [-0.4, -0.2) is 81.3 Å². The van der Waals surface area contributed by atoms with Crippen LogP contribution in [0.25, 0.3) is 0 Å². The molecule has 1 aromatic heterocycles. The number of carbonyl (C=O) groups is 3. The van der Waals surface area contributed by atoms with Crippen molar-refractivity contribution in [3.8, 4) is 5.88 Å². The number of aliphatic carboxylic acids is 2. The largest absolute Gasteiger partial charge is 0.479 e. The van der Waals surface area contributed by atoms with Crippen LogP contribution < -0.4 is 4.74 Å². The number of carboxylic acids is 2. The maximum atomic E-state index is 12.4. The van der Waals surface area contributed by atoms with Gasteiger partial charge in [0.25, 0.3) is 11.8 Å². The standard InChI is InChI=1S/C14H21N3O3.C2H2O4/c1-9(2)17-10-4-5-11(17)8-16(7-10)14(18)12-6-13(19-3)15-20-12;3-1(4)2(5)6/h6,9-11H,4-5,7-8H2,1-3H3;(H,3,4)(H,5,6). The van der Waals surface area contributed by atoms with Crippen molar-refractivity contribution in [1.29, 1.82) is 0 Å². The molecule has 2 bridgehead atoms. The Hall–Kier alpha value is -2.62. The molecule has 10 nitrogen and oxygen atoms in total. The summed E-state index contributed by atoms with van der Waals surface area (Å²) in [4.78, 5) is 35.1. The summed E-state index contributed by atoms with van der Waals surface area (Å²) < 4.78 is 10.0. The lowest BCUT2D eigenvalue weighted by molar-refractivity contribution is -0.159. The minimum absolute atomic E-state index is 0.0823. The van der Waals surface area contributed by atoms with E-state index in [9.17, 15) is 4.79 Å². The average Bonchev–Trinajstić information content (AvgIpc) is 3.17. The number of ether oxygens (including phenoxy) is 1. The van der Waals surface area contributed by atoms with Crippen LogP contribution >= 0.6 is 0 Å². The third-order valence-electron chi connectivity index (χ3n) is 4.51. The third-order valence-corrected chi connectivity index (χ3v) is 4.51. The Labute approximate surface area is 150 Å². The van der Waals surface area contributed by atoms with E-state index in [4.69, 9.17) is 29.1 Å². The molecule has 1 amide bonds. The highest BCUT2D eigenvalue weighted by Gasteiger charge is 2.42. The molecule has 2 fully saturated rings. The second-order valence-corrected chi connectivity index (χ2v) is 6.48. The first-order valence-electron chi connectivity index (χ1n) is 8.28. The molecular formula is C16H23N3O7. The summed E-state index contributed by atoms with van der Waals surface area (Å²) in [6.07, 6.45) is 2.35. The average molecular weight is 369 g/mol. The van der Waals surface area contributed by atoms with Gasteiger partial charge in [-0.15, -0.1) is 0 Å². The van der Waals surface area contributed by atoms with Gasteiger partial charge >= 0.3 is 11.9 Å². The summed E-state index contributed by atoms with van der Waals surface area (Å²) in [6, 6.07) is 3.04. The first-order chi connectivity index (χ1) is 12.2. The summed E-state index contributed by atoms with van der Waals surface area (Å²) in [5.74, 6) is -3.12. The number of nitrogens with zero attached hydrogens (tertiary/aromatic N) is 3. The summed E-state index contributed by atoms with van der Waals surface area (Å²) in [7, 11) is 1.51. The predicted octanol–water partition coefficient (Wildman–Crippen LogP) is 0.536. The van der Waals surface area contributed by atoms with Gasteiger partial charge in [-0.2, -0.15) is 0 Å². The molecule has 144 valence electrons. The first-order valence-corrected chi connectivity index (χ1v) is 8.28. The quantitative estimate of drug-likeness (QED) is 0.732. The van der Waals surface area contributed by atoms with E-state index in [1.54, 1.807) is 6.07 Å². The lowest BCUT2D eigenvalue weighted by Crippen LogP contribution is -2.57. The van der Waals surface area contributed by atoms with Crippen LogP contribution in [0.15, 0.2) is 10.6 Å². The van der Waals surface area contributed by atoms with Crippen LogP contribution in [0.3, 0.4) is 0 Å². The van der Waals surface area contributed by atoms with Crippen LogP contribution in [0, 0.1) is 0 Å². The van der Waals surface area contributed by atoms with Crippen LogP contribution in [0.5, 0.6) is 5.88 Å². The number of methoxy groups -OCH3 is 1. The number of fused-ring (bicyclic) bond motifs is 2. The van der Waals surface area contributed by atoms with Gasteiger partial charge in [-0.05, 0) is 31.8 Å². The number of aromatic nitrogens is 1. The number of piperazine rings is 1. The van der Waals surface area contributed by atoms with Gasteiger partial charge in [0.05, 0.1) is 13.2 Å². The van der Waals surface area contributed by atoms with Gasteiger partial charge in [0.15, 0.2) is 0 Å². The first kappa shape index (κ1) is 19.7. The minimum atomic E-state index is -1.82. The van der Waals surface area contributed by atoms with Crippen molar-refractivity contribution in [1.82, 2.24) is 15.0 Å². The van der Waals surface area contributed by atoms with E-state index >= 15 is 0 Å². The molecule has 3 heterocycles. The van der Waals surface area contributed by atoms with Crippen molar-refractivity contribution in [2.75, 3.05) is 20.2 Å². The lowest BCUT2D eigenvalue weighted by Gasteiger charge is -2.42. The molecule has 26 heavy (non-hydrogen) atoms. The van der Waals surface area contributed by atoms with Gasteiger partial charge < -0.3 is 24.4 Å². The summed E-state index contributed by atoms with van der Waals surface area (Å²) in [5, 5.41) is 18.5. The van der Waals surface area contributed by atoms with Gasteiger partial charge in [0.2, 0.25) is 5.76 Å². The Morgan fingerprint density at radius 2 is 1.73 bits per heavy atom.